The van der Waals surface area contributed by atoms with E-state index in [4.69, 9.17) is 16.3 Å². The maximum Gasteiger partial charge on any atom is 0.266 e. The fourth-order valence-corrected chi connectivity index (χ4v) is 8.20. The summed E-state index contributed by atoms with van der Waals surface area (Å²) >= 11 is 8.19. The predicted molar refractivity (Wildman–Crippen MR) is 133 cm³/mol. The second-order valence-corrected chi connectivity index (χ2v) is 12.5. The lowest BCUT2D eigenvalue weighted by molar-refractivity contribution is -0.121. The summed E-state index contributed by atoms with van der Waals surface area (Å²) < 4.78 is 35.9. The van der Waals surface area contributed by atoms with Crippen molar-refractivity contribution >= 4 is 72.0 Å². The van der Waals surface area contributed by atoms with Gasteiger partial charge in [0.25, 0.3) is 15.9 Å². The molecule has 1 N–H and O–H groups in total. The number of nitrogens with one attached hydrogen (secondary N) is 1. The van der Waals surface area contributed by atoms with Crippen LogP contribution in [0, 0.1) is 0 Å². The van der Waals surface area contributed by atoms with Crippen LogP contribution in [0.2, 0.25) is 4.34 Å². The summed E-state index contributed by atoms with van der Waals surface area (Å²) in [5, 5.41) is 2.75. The van der Waals surface area contributed by atoms with Gasteiger partial charge in [0.1, 0.15) is 10.3 Å². The van der Waals surface area contributed by atoms with E-state index in [1.165, 1.54) is 34.7 Å². The van der Waals surface area contributed by atoms with Crippen LogP contribution in [0.15, 0.2) is 39.5 Å². The molecule has 2 aromatic heterocycles. The number of carbonyl (C=O) groups excluding carboxylic acids is 2. The molecule has 1 fully saturated rings. The van der Waals surface area contributed by atoms with Crippen molar-refractivity contribution in [1.29, 1.82) is 0 Å². The van der Waals surface area contributed by atoms with Gasteiger partial charge in [-0.1, -0.05) is 22.9 Å². The Balaban J connectivity index is 1.71. The van der Waals surface area contributed by atoms with Crippen LogP contribution in [0.5, 0.6) is 0 Å². The molecule has 0 saturated carbocycles. The number of ether oxygens (including phenoxy) is 1. The van der Waals surface area contributed by atoms with Crippen molar-refractivity contribution in [2.45, 2.75) is 36.6 Å². The van der Waals surface area contributed by atoms with Crippen LogP contribution in [-0.2, 0) is 30.9 Å². The van der Waals surface area contributed by atoms with Gasteiger partial charge in [-0.15, -0.1) is 11.3 Å². The van der Waals surface area contributed by atoms with E-state index in [2.05, 4.69) is 10.3 Å². The lowest BCUT2D eigenvalue weighted by Crippen LogP contribution is -2.40. The number of carbonyl (C=O) groups is 2. The number of thiazole rings is 1. The maximum atomic E-state index is 13.2. The average Bonchev–Trinajstić information content (AvgIpc) is 3.50. The fourth-order valence-electron chi connectivity index (χ4n) is 3.83. The molecular weight excluding hydrogens is 520 g/mol. The highest BCUT2D eigenvalue weighted by molar-refractivity contribution is 7.91. The Bertz CT molecular complexity index is 1410. The summed E-state index contributed by atoms with van der Waals surface area (Å²) in [5.74, 6) is -0.693. The average molecular weight is 543 g/mol. The number of rotatable bonds is 7. The van der Waals surface area contributed by atoms with E-state index in [-0.39, 0.29) is 16.7 Å². The highest BCUT2D eigenvalue weighted by atomic mass is 35.5. The van der Waals surface area contributed by atoms with Crippen molar-refractivity contribution in [2.24, 2.45) is 4.99 Å². The van der Waals surface area contributed by atoms with Gasteiger partial charge in [0.05, 0.1) is 21.2 Å². The van der Waals surface area contributed by atoms with Crippen molar-refractivity contribution in [2.75, 3.05) is 25.6 Å². The Morgan fingerprint density at radius 2 is 2.06 bits per heavy atom. The first kappa shape index (κ1) is 25.0. The van der Waals surface area contributed by atoms with E-state index >= 15 is 0 Å². The van der Waals surface area contributed by atoms with Crippen LogP contribution in [0.1, 0.15) is 19.8 Å². The minimum atomic E-state index is -3.85. The molecule has 1 saturated heterocycles. The van der Waals surface area contributed by atoms with E-state index in [1.807, 2.05) is 16.7 Å². The number of sulfonamides is 1. The second-order valence-electron chi connectivity index (χ2n) is 7.68. The topological polar surface area (TPSA) is 110 Å². The molecule has 34 heavy (non-hydrogen) atoms. The van der Waals surface area contributed by atoms with Crippen LogP contribution >= 0.6 is 34.3 Å². The van der Waals surface area contributed by atoms with Crippen molar-refractivity contribution in [1.82, 2.24) is 8.87 Å². The number of amides is 2. The first-order valence-electron chi connectivity index (χ1n) is 10.5. The molecule has 0 radical (unpaired) electrons. The monoisotopic (exact) mass is 542 g/mol. The van der Waals surface area contributed by atoms with Gasteiger partial charge >= 0.3 is 0 Å². The number of benzene rings is 1. The van der Waals surface area contributed by atoms with Crippen molar-refractivity contribution < 1.29 is 22.7 Å². The smallest absolute Gasteiger partial charge is 0.266 e. The molecule has 13 heteroatoms. The third-order valence-electron chi connectivity index (χ3n) is 5.33. The Morgan fingerprint density at radius 1 is 1.26 bits per heavy atom. The summed E-state index contributed by atoms with van der Waals surface area (Å²) in [7, 11) is -2.26. The number of thiophene rings is 1. The van der Waals surface area contributed by atoms with Crippen LogP contribution in [0.4, 0.5) is 5.69 Å². The van der Waals surface area contributed by atoms with Crippen LogP contribution in [-0.4, -0.2) is 55.4 Å². The SMILES string of the molecule is COCCn1c(=NC(=O)C2CCCN2S(=O)(=O)c2ccc(Cl)s2)sc2cc(NC(C)=O)ccc21. The molecule has 3 aromatic rings. The van der Waals surface area contributed by atoms with Gasteiger partial charge in [0.15, 0.2) is 4.80 Å². The maximum absolute atomic E-state index is 13.2. The Hall–Kier alpha value is -2.09. The number of halogens is 1. The lowest BCUT2D eigenvalue weighted by atomic mass is 10.2. The zero-order valence-electron chi connectivity index (χ0n) is 18.5. The number of anilines is 1. The summed E-state index contributed by atoms with van der Waals surface area (Å²) in [6, 6.07) is 7.56. The van der Waals surface area contributed by atoms with Gasteiger partial charge in [0, 0.05) is 32.8 Å². The highest BCUT2D eigenvalue weighted by Gasteiger charge is 2.40. The number of nitrogens with zero attached hydrogens (tertiary/aromatic N) is 3. The number of hydrogen-bond donors (Lipinski definition) is 1. The summed E-state index contributed by atoms with van der Waals surface area (Å²) in [6.45, 7) is 2.55. The molecule has 1 aliphatic heterocycles. The highest BCUT2D eigenvalue weighted by Crippen LogP contribution is 2.32. The van der Waals surface area contributed by atoms with E-state index in [0.717, 1.165) is 21.6 Å². The normalized spacial score (nSPS) is 17.5. The minimum absolute atomic E-state index is 0.111. The Morgan fingerprint density at radius 3 is 2.74 bits per heavy atom. The second kappa shape index (κ2) is 10.3. The van der Waals surface area contributed by atoms with Crippen LogP contribution < -0.4 is 10.1 Å². The first-order chi connectivity index (χ1) is 16.2. The third-order valence-corrected chi connectivity index (χ3v) is 9.98. The zero-order valence-corrected chi connectivity index (χ0v) is 21.7. The molecule has 1 atom stereocenters. The van der Waals surface area contributed by atoms with Gasteiger partial charge in [-0.2, -0.15) is 9.30 Å². The zero-order chi connectivity index (χ0) is 24.5. The minimum Gasteiger partial charge on any atom is -0.383 e. The van der Waals surface area contributed by atoms with E-state index in [0.29, 0.717) is 40.8 Å². The number of fused-ring (bicyclic) bond motifs is 1. The number of methoxy groups -OCH3 is 1. The molecule has 0 spiro atoms. The molecule has 182 valence electrons. The molecule has 2 amide bonds. The molecule has 3 heterocycles. The van der Waals surface area contributed by atoms with Crippen LogP contribution in [0.3, 0.4) is 0 Å². The van der Waals surface area contributed by atoms with Gasteiger partial charge in [0.2, 0.25) is 5.91 Å². The number of hydrogen-bond acceptors (Lipinski definition) is 7. The van der Waals surface area contributed by atoms with E-state index < -0.39 is 22.0 Å². The standard InChI is InChI=1S/C21H23ClN4O5S3/c1-13(27)23-14-5-6-15-17(12-14)32-21(25(15)10-11-31-2)24-20(28)16-4-3-9-26(16)34(29,30)19-8-7-18(22)33-19/h5-8,12,16H,3-4,9-11H2,1-2H3,(H,23,27). The summed E-state index contributed by atoms with van der Waals surface area (Å²) in [5.41, 5.74) is 1.48. The first-order valence-corrected chi connectivity index (χ1v) is 13.9. The van der Waals surface area contributed by atoms with Crippen molar-refractivity contribution in [3.05, 3.63) is 39.5 Å². The van der Waals surface area contributed by atoms with Gasteiger partial charge in [-0.3, -0.25) is 9.59 Å². The molecule has 0 aliphatic carbocycles. The Kier molecular flexibility index (Phi) is 7.55. The van der Waals surface area contributed by atoms with Gasteiger partial charge < -0.3 is 14.6 Å². The fraction of sp³-hybridized carbons (Fsp3) is 0.381. The molecule has 1 aromatic carbocycles. The largest absolute Gasteiger partial charge is 0.383 e. The molecule has 1 unspecified atom stereocenters. The summed E-state index contributed by atoms with van der Waals surface area (Å²) in [4.78, 5) is 29.5. The molecule has 9 nitrogen and oxygen atoms in total. The van der Waals surface area contributed by atoms with Crippen molar-refractivity contribution in [3.8, 4) is 0 Å². The van der Waals surface area contributed by atoms with E-state index in [9.17, 15) is 18.0 Å². The molecule has 1 aliphatic rings. The molecule has 4 rings (SSSR count). The van der Waals surface area contributed by atoms with Gasteiger partial charge in [-0.25, -0.2) is 8.42 Å². The molecular formula is C21H23ClN4O5S3. The quantitative estimate of drug-likeness (QED) is 0.492. The van der Waals surface area contributed by atoms with Crippen molar-refractivity contribution in [3.63, 3.8) is 0 Å². The number of aromatic nitrogens is 1. The predicted octanol–water partition coefficient (Wildman–Crippen LogP) is 3.30. The van der Waals surface area contributed by atoms with Crippen LogP contribution in [0.25, 0.3) is 10.2 Å². The summed E-state index contributed by atoms with van der Waals surface area (Å²) in [6.07, 6.45) is 0.969. The molecule has 0 bridgehead atoms. The van der Waals surface area contributed by atoms with Gasteiger partial charge in [-0.05, 0) is 43.2 Å². The lowest BCUT2D eigenvalue weighted by Gasteiger charge is -2.20. The van der Waals surface area contributed by atoms with E-state index in [1.54, 1.807) is 13.2 Å². The Labute approximate surface area is 209 Å². The third kappa shape index (κ3) is 5.11.